The second-order valence-electron chi connectivity index (χ2n) is 4.99. The second-order valence-corrected chi connectivity index (χ2v) is 4.99. The average molecular weight is 274 g/mol. The minimum atomic E-state index is -0.383. The molecule has 0 radical (unpaired) electrons. The van der Waals surface area contributed by atoms with Crippen molar-refractivity contribution in [3.63, 3.8) is 0 Å². The topological polar surface area (TPSA) is 83.8 Å². The predicted molar refractivity (Wildman–Crippen MR) is 80.3 cm³/mol. The Morgan fingerprint density at radius 2 is 2.25 bits per heavy atom. The number of hydrogen-bond donors (Lipinski definition) is 3. The molecule has 1 aromatic heterocycles. The first-order valence-corrected chi connectivity index (χ1v) is 7.17. The van der Waals surface area contributed by atoms with Gasteiger partial charge in [-0.15, -0.1) is 0 Å². The largest absolute Gasteiger partial charge is 0.355 e. The van der Waals surface area contributed by atoms with Crippen LogP contribution < -0.4 is 11.1 Å². The Kier molecular flexibility index (Phi) is 5.12. The van der Waals surface area contributed by atoms with Gasteiger partial charge in [-0.1, -0.05) is 25.5 Å². The van der Waals surface area contributed by atoms with Crippen LogP contribution in [0.15, 0.2) is 24.3 Å². The van der Waals surface area contributed by atoms with Gasteiger partial charge >= 0.3 is 0 Å². The summed E-state index contributed by atoms with van der Waals surface area (Å²) in [4.78, 5) is 19.4. The van der Waals surface area contributed by atoms with Gasteiger partial charge in [-0.25, -0.2) is 4.98 Å². The molecule has 2 rings (SSSR count). The van der Waals surface area contributed by atoms with E-state index in [-0.39, 0.29) is 11.9 Å². The Bertz CT molecular complexity index is 531. The monoisotopic (exact) mass is 274 g/mol. The van der Waals surface area contributed by atoms with E-state index in [0.29, 0.717) is 6.54 Å². The zero-order valence-corrected chi connectivity index (χ0v) is 11.9. The molecule has 20 heavy (non-hydrogen) atoms. The summed E-state index contributed by atoms with van der Waals surface area (Å²) in [7, 11) is 0. The van der Waals surface area contributed by atoms with Gasteiger partial charge in [0.15, 0.2) is 0 Å². The lowest BCUT2D eigenvalue weighted by Gasteiger charge is -2.10. The van der Waals surface area contributed by atoms with Crippen LogP contribution in [0.4, 0.5) is 0 Å². The van der Waals surface area contributed by atoms with Gasteiger partial charge < -0.3 is 16.0 Å². The molecule has 0 saturated carbocycles. The van der Waals surface area contributed by atoms with E-state index >= 15 is 0 Å². The third-order valence-corrected chi connectivity index (χ3v) is 3.26. The van der Waals surface area contributed by atoms with E-state index in [0.717, 1.165) is 42.5 Å². The molecule has 0 bridgehead atoms. The molecule has 0 spiro atoms. The molecule has 2 aromatic rings. The number of para-hydroxylation sites is 2. The molecule has 1 amide bonds. The van der Waals surface area contributed by atoms with Gasteiger partial charge in [-0.2, -0.15) is 0 Å². The molecule has 1 aromatic carbocycles. The first-order chi connectivity index (χ1) is 9.70. The molecule has 0 saturated heterocycles. The number of nitrogens with zero attached hydrogens (tertiary/aromatic N) is 1. The summed E-state index contributed by atoms with van der Waals surface area (Å²) in [6.07, 6.45) is 3.32. The Morgan fingerprint density at radius 3 is 3.00 bits per heavy atom. The molecular formula is C15H22N4O. The van der Waals surface area contributed by atoms with E-state index in [4.69, 9.17) is 5.73 Å². The normalized spacial score (nSPS) is 12.5. The zero-order chi connectivity index (χ0) is 14.4. The molecule has 1 heterocycles. The highest BCUT2D eigenvalue weighted by atomic mass is 16.2. The quantitative estimate of drug-likeness (QED) is 0.672. The summed E-state index contributed by atoms with van der Waals surface area (Å²) in [5.74, 6) is 0.898. The number of benzene rings is 1. The first kappa shape index (κ1) is 14.5. The van der Waals surface area contributed by atoms with Crippen molar-refractivity contribution in [3.8, 4) is 0 Å². The number of imidazole rings is 1. The average Bonchev–Trinajstić information content (AvgIpc) is 2.86. The first-order valence-electron chi connectivity index (χ1n) is 7.17. The van der Waals surface area contributed by atoms with E-state index in [1.54, 1.807) is 0 Å². The standard InChI is InChI=1S/C15H22N4O/c1-2-6-11(16)15(20)17-10-5-9-14-18-12-7-3-4-8-13(12)19-14/h3-4,7-8,11H,2,5-6,9-10,16H2,1H3,(H,17,20)(H,18,19). The maximum absolute atomic E-state index is 11.6. The molecule has 0 fully saturated rings. The van der Waals surface area contributed by atoms with Crippen molar-refractivity contribution in [3.05, 3.63) is 30.1 Å². The molecule has 4 N–H and O–H groups in total. The number of carbonyl (C=O) groups is 1. The second kappa shape index (κ2) is 7.05. The van der Waals surface area contributed by atoms with Crippen LogP contribution in [0.25, 0.3) is 11.0 Å². The summed E-state index contributed by atoms with van der Waals surface area (Å²) in [5, 5.41) is 2.87. The molecule has 5 heteroatoms. The number of aromatic nitrogens is 2. The number of amides is 1. The molecule has 1 unspecified atom stereocenters. The number of hydrogen-bond acceptors (Lipinski definition) is 3. The third kappa shape index (κ3) is 3.81. The number of aryl methyl sites for hydroxylation is 1. The van der Waals surface area contributed by atoms with Crippen molar-refractivity contribution in [1.29, 1.82) is 0 Å². The highest BCUT2D eigenvalue weighted by Crippen LogP contribution is 2.11. The molecule has 5 nitrogen and oxygen atoms in total. The SMILES string of the molecule is CCCC(N)C(=O)NCCCc1nc2ccccc2[nH]1. The van der Waals surface area contributed by atoms with Gasteiger partial charge in [0, 0.05) is 13.0 Å². The van der Waals surface area contributed by atoms with Gasteiger partial charge in [0.1, 0.15) is 5.82 Å². The Hall–Kier alpha value is -1.88. The van der Waals surface area contributed by atoms with Gasteiger partial charge in [0.2, 0.25) is 5.91 Å². The zero-order valence-electron chi connectivity index (χ0n) is 11.9. The molecule has 108 valence electrons. The van der Waals surface area contributed by atoms with Crippen LogP contribution in [0.3, 0.4) is 0 Å². The minimum Gasteiger partial charge on any atom is -0.355 e. The van der Waals surface area contributed by atoms with Gasteiger partial charge in [-0.05, 0) is 25.0 Å². The van der Waals surface area contributed by atoms with Crippen LogP contribution in [0.5, 0.6) is 0 Å². The van der Waals surface area contributed by atoms with Crippen LogP contribution in [0.1, 0.15) is 32.0 Å². The van der Waals surface area contributed by atoms with E-state index in [1.165, 1.54) is 0 Å². The van der Waals surface area contributed by atoms with Crippen LogP contribution >= 0.6 is 0 Å². The van der Waals surface area contributed by atoms with E-state index in [1.807, 2.05) is 31.2 Å². The summed E-state index contributed by atoms with van der Waals surface area (Å²) >= 11 is 0. The van der Waals surface area contributed by atoms with Crippen LogP contribution in [-0.2, 0) is 11.2 Å². The number of fused-ring (bicyclic) bond motifs is 1. The number of H-pyrrole nitrogens is 1. The lowest BCUT2D eigenvalue weighted by atomic mass is 10.1. The summed E-state index contributed by atoms with van der Waals surface area (Å²) < 4.78 is 0. The molecule has 0 aliphatic heterocycles. The van der Waals surface area contributed by atoms with E-state index in [9.17, 15) is 4.79 Å². The highest BCUT2D eigenvalue weighted by Gasteiger charge is 2.11. The maximum Gasteiger partial charge on any atom is 0.236 e. The van der Waals surface area contributed by atoms with Crippen LogP contribution in [0, 0.1) is 0 Å². The summed E-state index contributed by atoms with van der Waals surface area (Å²) in [6.45, 7) is 2.65. The summed E-state index contributed by atoms with van der Waals surface area (Å²) in [6, 6.07) is 7.58. The number of rotatable bonds is 7. The third-order valence-electron chi connectivity index (χ3n) is 3.26. The van der Waals surface area contributed by atoms with Crippen molar-refractivity contribution in [2.24, 2.45) is 5.73 Å². The maximum atomic E-state index is 11.6. The molecular weight excluding hydrogens is 252 g/mol. The van der Waals surface area contributed by atoms with Crippen molar-refractivity contribution in [2.75, 3.05) is 6.54 Å². The number of carbonyl (C=O) groups excluding carboxylic acids is 1. The van der Waals surface area contributed by atoms with Gasteiger partial charge in [0.05, 0.1) is 17.1 Å². The number of aromatic amines is 1. The van der Waals surface area contributed by atoms with Gasteiger partial charge in [0.25, 0.3) is 0 Å². The molecule has 0 aliphatic rings. The number of nitrogens with one attached hydrogen (secondary N) is 2. The minimum absolute atomic E-state index is 0.0588. The smallest absolute Gasteiger partial charge is 0.236 e. The Labute approximate surface area is 119 Å². The summed E-state index contributed by atoms with van der Waals surface area (Å²) in [5.41, 5.74) is 7.78. The van der Waals surface area contributed by atoms with Crippen molar-refractivity contribution >= 4 is 16.9 Å². The van der Waals surface area contributed by atoms with Crippen molar-refractivity contribution in [2.45, 2.75) is 38.6 Å². The Morgan fingerprint density at radius 1 is 1.45 bits per heavy atom. The van der Waals surface area contributed by atoms with Crippen molar-refractivity contribution < 1.29 is 4.79 Å². The van der Waals surface area contributed by atoms with Crippen LogP contribution in [0.2, 0.25) is 0 Å². The fourth-order valence-electron chi connectivity index (χ4n) is 2.16. The lowest BCUT2D eigenvalue weighted by Crippen LogP contribution is -2.40. The Balaban J connectivity index is 1.74. The van der Waals surface area contributed by atoms with E-state index in [2.05, 4.69) is 15.3 Å². The predicted octanol–water partition coefficient (Wildman–Crippen LogP) is 1.74. The highest BCUT2D eigenvalue weighted by molar-refractivity contribution is 5.81. The number of nitrogens with two attached hydrogens (primary N) is 1. The fraction of sp³-hybridized carbons (Fsp3) is 0.467. The van der Waals surface area contributed by atoms with Crippen molar-refractivity contribution in [1.82, 2.24) is 15.3 Å². The molecule has 1 atom stereocenters. The molecule has 0 aliphatic carbocycles. The lowest BCUT2D eigenvalue weighted by molar-refractivity contribution is -0.122. The fourth-order valence-corrected chi connectivity index (χ4v) is 2.16. The van der Waals surface area contributed by atoms with Gasteiger partial charge in [-0.3, -0.25) is 4.79 Å². The van der Waals surface area contributed by atoms with Crippen LogP contribution in [-0.4, -0.2) is 28.5 Å². The van der Waals surface area contributed by atoms with E-state index < -0.39 is 0 Å².